The number of ether oxygens (including phenoxy) is 1. The maximum atomic E-state index is 12.3. The number of nitrogens with one attached hydrogen (secondary N) is 1. The van der Waals surface area contributed by atoms with Gasteiger partial charge in [0.1, 0.15) is 5.54 Å². The van der Waals surface area contributed by atoms with Gasteiger partial charge >= 0.3 is 5.97 Å². The second kappa shape index (κ2) is 5.00. The lowest BCUT2D eigenvalue weighted by Crippen LogP contribution is -2.47. The summed E-state index contributed by atoms with van der Waals surface area (Å²) >= 11 is 0. The summed E-state index contributed by atoms with van der Waals surface area (Å²) in [5, 5.41) is 3.37. The van der Waals surface area contributed by atoms with Crippen molar-refractivity contribution >= 4 is 11.7 Å². The second-order valence-electron chi connectivity index (χ2n) is 5.19. The van der Waals surface area contributed by atoms with Gasteiger partial charge in [-0.15, -0.1) is 0 Å². The molecule has 0 fully saturated rings. The minimum Gasteiger partial charge on any atom is -0.467 e. The van der Waals surface area contributed by atoms with Gasteiger partial charge in [0.05, 0.1) is 7.11 Å². The van der Waals surface area contributed by atoms with Crippen molar-refractivity contribution < 1.29 is 9.53 Å². The highest BCUT2D eigenvalue weighted by atomic mass is 16.5. The van der Waals surface area contributed by atoms with E-state index in [0.717, 1.165) is 16.8 Å². The Morgan fingerprint density at radius 1 is 1.15 bits per heavy atom. The Balaban J connectivity index is 1.94. The van der Waals surface area contributed by atoms with Crippen LogP contribution in [0.3, 0.4) is 0 Å². The fourth-order valence-electron chi connectivity index (χ4n) is 2.87. The van der Waals surface area contributed by atoms with Crippen LogP contribution >= 0.6 is 0 Å². The third kappa shape index (κ3) is 2.16. The van der Waals surface area contributed by atoms with Crippen LogP contribution in [0.4, 0.5) is 5.69 Å². The van der Waals surface area contributed by atoms with Crippen LogP contribution < -0.4 is 5.32 Å². The third-order valence-corrected chi connectivity index (χ3v) is 3.81. The van der Waals surface area contributed by atoms with Gasteiger partial charge in [-0.05, 0) is 17.2 Å². The lowest BCUT2D eigenvalue weighted by atomic mass is 9.88. The van der Waals surface area contributed by atoms with Crippen molar-refractivity contribution in [2.75, 3.05) is 12.4 Å². The van der Waals surface area contributed by atoms with E-state index in [-0.39, 0.29) is 5.97 Å². The summed E-state index contributed by atoms with van der Waals surface area (Å²) in [6.07, 6.45) is 1.28. The molecular weight excluding hydrogens is 250 g/mol. The first-order valence-corrected chi connectivity index (χ1v) is 6.72. The molecule has 1 atom stereocenters. The third-order valence-electron chi connectivity index (χ3n) is 3.81. The number of methoxy groups -OCH3 is 1. The van der Waals surface area contributed by atoms with Gasteiger partial charge in [0, 0.05) is 18.5 Å². The molecule has 3 heteroatoms. The number of hydrogen-bond donors (Lipinski definition) is 1. The quantitative estimate of drug-likeness (QED) is 0.869. The van der Waals surface area contributed by atoms with Crippen molar-refractivity contribution in [2.24, 2.45) is 0 Å². The first-order valence-electron chi connectivity index (χ1n) is 6.72. The Labute approximate surface area is 118 Å². The zero-order valence-electron chi connectivity index (χ0n) is 11.4. The molecule has 1 aliphatic heterocycles. The highest BCUT2D eigenvalue weighted by Crippen LogP contribution is 2.35. The molecule has 0 bridgehead atoms. The predicted molar refractivity (Wildman–Crippen MR) is 78.7 cm³/mol. The van der Waals surface area contributed by atoms with Crippen molar-refractivity contribution in [2.45, 2.75) is 18.4 Å². The van der Waals surface area contributed by atoms with Gasteiger partial charge in [-0.2, -0.15) is 0 Å². The van der Waals surface area contributed by atoms with E-state index < -0.39 is 5.54 Å². The Hall–Kier alpha value is -2.29. The largest absolute Gasteiger partial charge is 0.467 e. The van der Waals surface area contributed by atoms with Crippen molar-refractivity contribution in [3.63, 3.8) is 0 Å². The molecule has 1 N–H and O–H groups in total. The molecule has 3 nitrogen and oxygen atoms in total. The number of fused-ring (bicyclic) bond motifs is 1. The van der Waals surface area contributed by atoms with Gasteiger partial charge in [0.15, 0.2) is 0 Å². The first-order chi connectivity index (χ1) is 9.73. The smallest absolute Gasteiger partial charge is 0.332 e. The molecule has 0 amide bonds. The van der Waals surface area contributed by atoms with E-state index in [9.17, 15) is 4.79 Å². The van der Waals surface area contributed by atoms with Gasteiger partial charge in [-0.25, -0.2) is 4.79 Å². The number of esters is 1. The van der Waals surface area contributed by atoms with E-state index in [2.05, 4.69) is 11.4 Å². The van der Waals surface area contributed by atoms with Crippen LogP contribution in [-0.4, -0.2) is 18.6 Å². The Morgan fingerprint density at radius 2 is 1.85 bits per heavy atom. The normalized spacial score (nSPS) is 20.1. The molecule has 1 unspecified atom stereocenters. The average molecular weight is 267 g/mol. The fraction of sp³-hybridized carbons (Fsp3) is 0.235. The summed E-state index contributed by atoms with van der Waals surface area (Å²) in [7, 11) is 1.44. The van der Waals surface area contributed by atoms with Gasteiger partial charge < -0.3 is 10.1 Å². The zero-order chi connectivity index (χ0) is 14.0. The zero-order valence-corrected chi connectivity index (χ0v) is 11.4. The summed E-state index contributed by atoms with van der Waals surface area (Å²) in [6, 6.07) is 18.1. The van der Waals surface area contributed by atoms with Crippen molar-refractivity contribution in [1.29, 1.82) is 0 Å². The van der Waals surface area contributed by atoms with Gasteiger partial charge in [0.25, 0.3) is 0 Å². The molecule has 2 aromatic carbocycles. The summed E-state index contributed by atoms with van der Waals surface area (Å²) < 4.78 is 5.04. The topological polar surface area (TPSA) is 38.3 Å². The standard InChI is InChI=1S/C17H17NO2/c1-20-16(19)17(11-13-7-3-2-4-8-13)12-14-9-5-6-10-15(14)18-17/h2-10,18H,11-12H2,1H3. The van der Waals surface area contributed by atoms with Crippen LogP contribution in [0.5, 0.6) is 0 Å². The lowest BCUT2D eigenvalue weighted by Gasteiger charge is -2.27. The van der Waals surface area contributed by atoms with Crippen molar-refractivity contribution in [3.8, 4) is 0 Å². The van der Waals surface area contributed by atoms with Gasteiger partial charge in [-0.1, -0.05) is 48.5 Å². The van der Waals surface area contributed by atoms with Crippen LogP contribution in [0.15, 0.2) is 54.6 Å². The van der Waals surface area contributed by atoms with Gasteiger partial charge in [-0.3, -0.25) is 0 Å². The van der Waals surface area contributed by atoms with Crippen LogP contribution in [0.1, 0.15) is 11.1 Å². The van der Waals surface area contributed by atoms with E-state index >= 15 is 0 Å². The average Bonchev–Trinajstić information content (AvgIpc) is 2.86. The molecule has 3 rings (SSSR count). The summed E-state index contributed by atoms with van der Waals surface area (Å²) in [5.74, 6) is -0.211. The fourth-order valence-corrected chi connectivity index (χ4v) is 2.87. The summed E-state index contributed by atoms with van der Waals surface area (Å²) in [5.41, 5.74) is 2.61. The van der Waals surface area contributed by atoms with Crippen LogP contribution in [0.2, 0.25) is 0 Å². The highest BCUT2D eigenvalue weighted by Gasteiger charge is 2.44. The number of anilines is 1. The number of benzene rings is 2. The number of carbonyl (C=O) groups excluding carboxylic acids is 1. The number of carbonyl (C=O) groups is 1. The minimum atomic E-state index is -0.695. The summed E-state index contributed by atoms with van der Waals surface area (Å²) in [6.45, 7) is 0. The lowest BCUT2D eigenvalue weighted by molar-refractivity contribution is -0.145. The molecule has 0 aliphatic carbocycles. The number of rotatable bonds is 3. The van der Waals surface area contributed by atoms with Crippen molar-refractivity contribution in [1.82, 2.24) is 0 Å². The monoisotopic (exact) mass is 267 g/mol. The Kier molecular flexibility index (Phi) is 3.18. The highest BCUT2D eigenvalue weighted by molar-refractivity contribution is 5.88. The van der Waals surface area contributed by atoms with Crippen LogP contribution in [0, 0.1) is 0 Å². The number of para-hydroxylation sites is 1. The van der Waals surface area contributed by atoms with E-state index in [0.29, 0.717) is 12.8 Å². The van der Waals surface area contributed by atoms with E-state index in [1.54, 1.807) is 0 Å². The molecule has 0 spiro atoms. The summed E-state index contributed by atoms with van der Waals surface area (Å²) in [4.78, 5) is 12.3. The number of hydrogen-bond acceptors (Lipinski definition) is 3. The molecule has 0 saturated heterocycles. The predicted octanol–water partition coefficient (Wildman–Crippen LogP) is 2.81. The van der Waals surface area contributed by atoms with Crippen LogP contribution in [0.25, 0.3) is 0 Å². The molecule has 1 aliphatic rings. The minimum absolute atomic E-state index is 0.211. The Bertz CT molecular complexity index is 597. The maximum Gasteiger partial charge on any atom is 0.332 e. The molecule has 0 aromatic heterocycles. The maximum absolute atomic E-state index is 12.3. The molecule has 0 radical (unpaired) electrons. The molecule has 0 saturated carbocycles. The second-order valence-corrected chi connectivity index (χ2v) is 5.19. The van der Waals surface area contributed by atoms with E-state index in [1.165, 1.54) is 7.11 Å². The van der Waals surface area contributed by atoms with Crippen molar-refractivity contribution in [3.05, 3.63) is 65.7 Å². The molecule has 102 valence electrons. The van der Waals surface area contributed by atoms with Gasteiger partial charge in [0.2, 0.25) is 0 Å². The van der Waals surface area contributed by atoms with E-state index in [1.807, 2.05) is 48.5 Å². The molecular formula is C17H17NO2. The van der Waals surface area contributed by atoms with E-state index in [4.69, 9.17) is 4.74 Å². The SMILES string of the molecule is COC(=O)C1(Cc2ccccc2)Cc2ccccc2N1. The Morgan fingerprint density at radius 3 is 2.55 bits per heavy atom. The molecule has 1 heterocycles. The van der Waals surface area contributed by atoms with Crippen LogP contribution in [-0.2, 0) is 22.4 Å². The first kappa shape index (κ1) is 12.7. The molecule has 20 heavy (non-hydrogen) atoms. The molecule has 2 aromatic rings.